The lowest BCUT2D eigenvalue weighted by Gasteiger charge is -2.32. The third-order valence-electron chi connectivity index (χ3n) is 3.23. The van der Waals surface area contributed by atoms with Crippen LogP contribution in [0.3, 0.4) is 0 Å². The van der Waals surface area contributed by atoms with Gasteiger partial charge in [0.2, 0.25) is 11.6 Å². The largest absolute Gasteiger partial charge is 0.384 e. The van der Waals surface area contributed by atoms with E-state index in [-0.39, 0.29) is 11.5 Å². The van der Waals surface area contributed by atoms with E-state index in [1.54, 1.807) is 7.11 Å². The third-order valence-corrected chi connectivity index (χ3v) is 3.23. The van der Waals surface area contributed by atoms with Crippen LogP contribution in [0.25, 0.3) is 0 Å². The summed E-state index contributed by atoms with van der Waals surface area (Å²) in [5.41, 5.74) is 5.37. The molecule has 19 heavy (non-hydrogen) atoms. The van der Waals surface area contributed by atoms with Gasteiger partial charge in [-0.3, -0.25) is 10.1 Å². The van der Waals surface area contributed by atoms with E-state index in [0.717, 1.165) is 19.4 Å². The van der Waals surface area contributed by atoms with Crippen molar-refractivity contribution in [3.8, 4) is 0 Å². The Balaban J connectivity index is 2.26. The van der Waals surface area contributed by atoms with Crippen LogP contribution in [0.2, 0.25) is 0 Å². The molecule has 0 aromatic carbocycles. The molecule has 1 atom stereocenters. The van der Waals surface area contributed by atoms with Crippen LogP contribution in [0.1, 0.15) is 12.8 Å². The first-order valence-electron chi connectivity index (χ1n) is 6.12. The van der Waals surface area contributed by atoms with Gasteiger partial charge in [0.1, 0.15) is 6.33 Å². The van der Waals surface area contributed by atoms with E-state index in [9.17, 15) is 10.1 Å². The van der Waals surface area contributed by atoms with Crippen LogP contribution < -0.4 is 10.6 Å². The Morgan fingerprint density at radius 3 is 3.11 bits per heavy atom. The van der Waals surface area contributed by atoms with Crippen molar-refractivity contribution in [2.45, 2.75) is 12.8 Å². The topological polar surface area (TPSA) is 107 Å². The van der Waals surface area contributed by atoms with E-state index in [1.165, 1.54) is 6.33 Å². The van der Waals surface area contributed by atoms with Gasteiger partial charge in [0.15, 0.2) is 0 Å². The average Bonchev–Trinajstić information content (AvgIpc) is 2.38. The van der Waals surface area contributed by atoms with Gasteiger partial charge in [0.25, 0.3) is 0 Å². The molecule has 0 radical (unpaired) electrons. The predicted octanol–water partition coefficient (Wildman–Crippen LogP) is 0.830. The first-order valence-corrected chi connectivity index (χ1v) is 6.12. The fourth-order valence-corrected chi connectivity index (χ4v) is 2.42. The van der Waals surface area contributed by atoms with Crippen molar-refractivity contribution in [1.82, 2.24) is 9.97 Å². The minimum atomic E-state index is -0.523. The zero-order chi connectivity index (χ0) is 13.8. The first kappa shape index (κ1) is 13.5. The van der Waals surface area contributed by atoms with Crippen LogP contribution in [0.5, 0.6) is 0 Å². The maximum Gasteiger partial charge on any atom is 0.353 e. The summed E-state index contributed by atoms with van der Waals surface area (Å²) in [6, 6.07) is 0. The summed E-state index contributed by atoms with van der Waals surface area (Å²) in [6.45, 7) is 2.06. The van der Waals surface area contributed by atoms with E-state index in [2.05, 4.69) is 9.97 Å². The molecule has 0 amide bonds. The maximum absolute atomic E-state index is 11.1. The number of methoxy groups -OCH3 is 1. The molecule has 104 valence electrons. The van der Waals surface area contributed by atoms with Crippen LogP contribution in [0.15, 0.2) is 6.33 Å². The number of rotatable bonds is 4. The fourth-order valence-electron chi connectivity index (χ4n) is 2.42. The summed E-state index contributed by atoms with van der Waals surface area (Å²) >= 11 is 0. The number of piperidine rings is 1. The normalized spacial score (nSPS) is 19.4. The van der Waals surface area contributed by atoms with Gasteiger partial charge >= 0.3 is 5.69 Å². The molecule has 8 heteroatoms. The average molecular weight is 267 g/mol. The van der Waals surface area contributed by atoms with Gasteiger partial charge in [-0.1, -0.05) is 0 Å². The van der Waals surface area contributed by atoms with E-state index >= 15 is 0 Å². The number of hydrogen-bond acceptors (Lipinski definition) is 7. The van der Waals surface area contributed by atoms with E-state index in [1.807, 2.05) is 4.90 Å². The lowest BCUT2D eigenvalue weighted by Crippen LogP contribution is -2.38. The minimum Gasteiger partial charge on any atom is -0.384 e. The number of nitrogen functional groups attached to an aromatic ring is 1. The second kappa shape index (κ2) is 5.79. The number of nitrogens with two attached hydrogens (primary N) is 1. The molecular formula is C11H17N5O3. The number of anilines is 2. The molecule has 0 spiro atoms. The number of nitrogens with zero attached hydrogens (tertiary/aromatic N) is 4. The molecule has 0 bridgehead atoms. The molecule has 1 aliphatic heterocycles. The number of hydrogen-bond donors (Lipinski definition) is 1. The molecule has 1 fully saturated rings. The van der Waals surface area contributed by atoms with E-state index in [0.29, 0.717) is 24.9 Å². The highest BCUT2D eigenvalue weighted by Gasteiger charge is 2.29. The van der Waals surface area contributed by atoms with Crippen molar-refractivity contribution in [1.29, 1.82) is 0 Å². The molecule has 1 aromatic heterocycles. The van der Waals surface area contributed by atoms with E-state index in [4.69, 9.17) is 10.5 Å². The maximum atomic E-state index is 11.1. The Hall–Kier alpha value is -1.96. The molecule has 2 heterocycles. The highest BCUT2D eigenvalue weighted by molar-refractivity contribution is 5.68. The van der Waals surface area contributed by atoms with Crippen molar-refractivity contribution in [3.05, 3.63) is 16.4 Å². The molecule has 1 unspecified atom stereocenters. The summed E-state index contributed by atoms with van der Waals surface area (Å²) in [4.78, 5) is 20.2. The van der Waals surface area contributed by atoms with Crippen LogP contribution in [0, 0.1) is 16.0 Å². The lowest BCUT2D eigenvalue weighted by molar-refractivity contribution is -0.383. The fraction of sp³-hybridized carbons (Fsp3) is 0.636. The molecule has 0 saturated carbocycles. The van der Waals surface area contributed by atoms with Gasteiger partial charge in [-0.05, 0) is 18.8 Å². The molecule has 8 nitrogen and oxygen atoms in total. The summed E-state index contributed by atoms with van der Waals surface area (Å²) in [7, 11) is 1.66. The van der Waals surface area contributed by atoms with Crippen molar-refractivity contribution in [3.63, 3.8) is 0 Å². The second-order valence-corrected chi connectivity index (χ2v) is 4.60. The minimum absolute atomic E-state index is 0.0936. The lowest BCUT2D eigenvalue weighted by atomic mass is 9.99. The Bertz CT molecular complexity index is 466. The van der Waals surface area contributed by atoms with Crippen LogP contribution >= 0.6 is 0 Å². The zero-order valence-electron chi connectivity index (χ0n) is 10.8. The molecule has 1 saturated heterocycles. The smallest absolute Gasteiger partial charge is 0.353 e. The van der Waals surface area contributed by atoms with Gasteiger partial charge in [-0.2, -0.15) is 0 Å². The Morgan fingerprint density at radius 1 is 1.63 bits per heavy atom. The third kappa shape index (κ3) is 2.90. The zero-order valence-corrected chi connectivity index (χ0v) is 10.8. The van der Waals surface area contributed by atoms with Gasteiger partial charge in [0, 0.05) is 20.2 Å². The predicted molar refractivity (Wildman–Crippen MR) is 69.9 cm³/mol. The van der Waals surface area contributed by atoms with Crippen molar-refractivity contribution >= 4 is 17.3 Å². The molecular weight excluding hydrogens is 250 g/mol. The summed E-state index contributed by atoms with van der Waals surface area (Å²) in [6.07, 6.45) is 3.27. The second-order valence-electron chi connectivity index (χ2n) is 4.60. The molecule has 0 aliphatic carbocycles. The summed E-state index contributed by atoms with van der Waals surface area (Å²) in [5, 5.41) is 11.1. The van der Waals surface area contributed by atoms with Gasteiger partial charge in [0.05, 0.1) is 11.5 Å². The molecule has 2 rings (SSSR count). The van der Waals surface area contributed by atoms with E-state index < -0.39 is 4.92 Å². The number of ether oxygens (including phenoxy) is 1. The highest BCUT2D eigenvalue weighted by atomic mass is 16.6. The Kier molecular flexibility index (Phi) is 4.10. The molecule has 1 aromatic rings. The van der Waals surface area contributed by atoms with Crippen molar-refractivity contribution in [2.75, 3.05) is 37.4 Å². The number of aromatic nitrogens is 2. The first-order chi connectivity index (χ1) is 9.13. The molecule has 2 N–H and O–H groups in total. The summed E-state index contributed by atoms with van der Waals surface area (Å²) < 4.78 is 5.15. The standard InChI is InChI=1S/C11H17N5O3/c1-19-6-8-3-2-4-15(5-8)11-9(16(17)18)10(12)13-7-14-11/h7-8H,2-6H2,1H3,(H2,12,13,14). The van der Waals surface area contributed by atoms with Crippen molar-refractivity contribution < 1.29 is 9.66 Å². The van der Waals surface area contributed by atoms with Crippen molar-refractivity contribution in [2.24, 2.45) is 5.92 Å². The Labute approximate surface area is 110 Å². The number of nitro groups is 1. The van der Waals surface area contributed by atoms with Gasteiger partial charge in [-0.15, -0.1) is 0 Å². The van der Waals surface area contributed by atoms with Gasteiger partial charge < -0.3 is 15.4 Å². The quantitative estimate of drug-likeness (QED) is 0.635. The van der Waals surface area contributed by atoms with Gasteiger partial charge in [-0.25, -0.2) is 9.97 Å². The molecule has 1 aliphatic rings. The summed E-state index contributed by atoms with van der Waals surface area (Å²) in [5.74, 6) is 0.566. The van der Waals surface area contributed by atoms with Crippen LogP contribution in [-0.4, -0.2) is 41.7 Å². The Morgan fingerprint density at radius 2 is 2.42 bits per heavy atom. The SMILES string of the molecule is COCC1CCCN(c2ncnc(N)c2[N+](=O)[O-])C1. The highest BCUT2D eigenvalue weighted by Crippen LogP contribution is 2.32. The van der Waals surface area contributed by atoms with Crippen LogP contribution in [0.4, 0.5) is 17.3 Å². The van der Waals surface area contributed by atoms with Crippen LogP contribution in [-0.2, 0) is 4.74 Å². The monoisotopic (exact) mass is 267 g/mol.